The summed E-state index contributed by atoms with van der Waals surface area (Å²) in [6.07, 6.45) is 1.32. The van der Waals surface area contributed by atoms with E-state index in [9.17, 15) is 9.59 Å². The summed E-state index contributed by atoms with van der Waals surface area (Å²) in [4.78, 5) is 23.3. The standard InChI is InChI=1S/C16H23N3O2S/c1-5-6-13(20)17-11-7-9-12(10-8-11)18-15(22)19-14(21)16(2,3)4/h7-10H,5-6H2,1-4H3,(H,17,20)(H2,18,19,21,22). The Morgan fingerprint density at radius 2 is 1.55 bits per heavy atom. The van der Waals surface area contributed by atoms with Crippen LogP contribution < -0.4 is 16.0 Å². The summed E-state index contributed by atoms with van der Waals surface area (Å²) >= 11 is 5.11. The first-order valence-electron chi connectivity index (χ1n) is 7.24. The second kappa shape index (κ2) is 7.89. The Kier molecular flexibility index (Phi) is 6.49. The van der Waals surface area contributed by atoms with E-state index in [0.717, 1.165) is 17.8 Å². The van der Waals surface area contributed by atoms with E-state index in [-0.39, 0.29) is 16.9 Å². The molecule has 2 amide bonds. The SMILES string of the molecule is CCCC(=O)Nc1ccc(NC(=S)NC(=O)C(C)(C)C)cc1. The zero-order chi connectivity index (χ0) is 16.8. The van der Waals surface area contributed by atoms with Crippen LogP contribution in [-0.4, -0.2) is 16.9 Å². The molecular formula is C16H23N3O2S. The summed E-state index contributed by atoms with van der Waals surface area (Å²) in [7, 11) is 0. The summed E-state index contributed by atoms with van der Waals surface area (Å²) in [5.41, 5.74) is 0.973. The Morgan fingerprint density at radius 3 is 2.00 bits per heavy atom. The van der Waals surface area contributed by atoms with E-state index in [0.29, 0.717) is 6.42 Å². The maximum Gasteiger partial charge on any atom is 0.231 e. The molecule has 1 aromatic carbocycles. The normalized spacial score (nSPS) is 10.7. The lowest BCUT2D eigenvalue weighted by atomic mass is 9.96. The van der Waals surface area contributed by atoms with Gasteiger partial charge in [0.2, 0.25) is 11.8 Å². The highest BCUT2D eigenvalue weighted by Crippen LogP contribution is 2.15. The lowest BCUT2D eigenvalue weighted by molar-refractivity contribution is -0.126. The molecule has 0 aromatic heterocycles. The number of carbonyl (C=O) groups is 2. The molecule has 0 spiro atoms. The maximum absolute atomic E-state index is 11.8. The van der Waals surface area contributed by atoms with Crippen LogP contribution in [0.1, 0.15) is 40.5 Å². The van der Waals surface area contributed by atoms with Gasteiger partial charge in [-0.2, -0.15) is 0 Å². The van der Waals surface area contributed by atoms with Crippen LogP contribution in [0.5, 0.6) is 0 Å². The molecule has 1 aromatic rings. The summed E-state index contributed by atoms with van der Waals surface area (Å²) < 4.78 is 0. The molecule has 120 valence electrons. The van der Waals surface area contributed by atoms with Crippen LogP contribution in [0.2, 0.25) is 0 Å². The van der Waals surface area contributed by atoms with Gasteiger partial charge in [-0.15, -0.1) is 0 Å². The van der Waals surface area contributed by atoms with Crippen LogP contribution in [0, 0.1) is 5.41 Å². The minimum atomic E-state index is -0.501. The van der Waals surface area contributed by atoms with Crippen LogP contribution in [0.25, 0.3) is 0 Å². The van der Waals surface area contributed by atoms with E-state index in [2.05, 4.69) is 16.0 Å². The van der Waals surface area contributed by atoms with Crippen molar-refractivity contribution in [3.8, 4) is 0 Å². The minimum Gasteiger partial charge on any atom is -0.332 e. The molecule has 6 heteroatoms. The quantitative estimate of drug-likeness (QED) is 0.744. The number of hydrogen-bond donors (Lipinski definition) is 3. The van der Waals surface area contributed by atoms with Crippen LogP contribution in [-0.2, 0) is 9.59 Å². The molecule has 0 fully saturated rings. The Hall–Kier alpha value is -1.95. The first-order valence-corrected chi connectivity index (χ1v) is 7.65. The third kappa shape index (κ3) is 6.22. The Balaban J connectivity index is 2.55. The van der Waals surface area contributed by atoms with Gasteiger partial charge in [0.1, 0.15) is 0 Å². The lowest BCUT2D eigenvalue weighted by Gasteiger charge is -2.18. The van der Waals surface area contributed by atoms with Crippen molar-refractivity contribution in [1.82, 2.24) is 5.32 Å². The number of thiocarbonyl (C=S) groups is 1. The number of benzene rings is 1. The van der Waals surface area contributed by atoms with E-state index in [1.165, 1.54) is 0 Å². The van der Waals surface area contributed by atoms with Crippen molar-refractivity contribution in [2.45, 2.75) is 40.5 Å². The lowest BCUT2D eigenvalue weighted by Crippen LogP contribution is -2.41. The molecule has 0 saturated carbocycles. The minimum absolute atomic E-state index is 0.00355. The molecule has 0 heterocycles. The number of amides is 2. The highest BCUT2D eigenvalue weighted by atomic mass is 32.1. The van der Waals surface area contributed by atoms with Crippen molar-refractivity contribution in [2.24, 2.45) is 5.41 Å². The zero-order valence-electron chi connectivity index (χ0n) is 13.4. The molecule has 22 heavy (non-hydrogen) atoms. The van der Waals surface area contributed by atoms with Crippen LogP contribution in [0.15, 0.2) is 24.3 Å². The first kappa shape index (κ1) is 18.1. The van der Waals surface area contributed by atoms with Gasteiger partial charge >= 0.3 is 0 Å². The Bertz CT molecular complexity index is 548. The first-order chi connectivity index (χ1) is 10.2. The van der Waals surface area contributed by atoms with Gasteiger partial charge in [-0.1, -0.05) is 27.7 Å². The fourth-order valence-corrected chi connectivity index (χ4v) is 1.75. The van der Waals surface area contributed by atoms with Gasteiger partial charge in [0, 0.05) is 23.2 Å². The van der Waals surface area contributed by atoms with Gasteiger partial charge in [-0.05, 0) is 42.9 Å². The van der Waals surface area contributed by atoms with Crippen molar-refractivity contribution in [2.75, 3.05) is 10.6 Å². The van der Waals surface area contributed by atoms with Crippen molar-refractivity contribution in [3.63, 3.8) is 0 Å². The second-order valence-corrected chi connectivity index (χ2v) is 6.44. The van der Waals surface area contributed by atoms with E-state index < -0.39 is 5.41 Å². The molecule has 5 nitrogen and oxygen atoms in total. The third-order valence-corrected chi connectivity index (χ3v) is 3.02. The summed E-state index contributed by atoms with van der Waals surface area (Å²) in [6, 6.07) is 7.14. The fraction of sp³-hybridized carbons (Fsp3) is 0.438. The van der Waals surface area contributed by atoms with Gasteiger partial charge < -0.3 is 16.0 Å². The van der Waals surface area contributed by atoms with E-state index in [1.807, 2.05) is 27.7 Å². The van der Waals surface area contributed by atoms with Crippen molar-refractivity contribution >= 4 is 40.5 Å². The predicted octanol–water partition coefficient (Wildman–Crippen LogP) is 3.28. The molecule has 0 aliphatic carbocycles. The van der Waals surface area contributed by atoms with Crippen molar-refractivity contribution in [1.29, 1.82) is 0 Å². The molecule has 0 unspecified atom stereocenters. The number of nitrogens with one attached hydrogen (secondary N) is 3. The summed E-state index contributed by atoms with van der Waals surface area (Å²) in [5.74, 6) is -0.149. The number of carbonyl (C=O) groups excluding carboxylic acids is 2. The number of rotatable bonds is 4. The van der Waals surface area contributed by atoms with Crippen molar-refractivity contribution in [3.05, 3.63) is 24.3 Å². The smallest absolute Gasteiger partial charge is 0.231 e. The largest absolute Gasteiger partial charge is 0.332 e. The second-order valence-electron chi connectivity index (χ2n) is 6.03. The van der Waals surface area contributed by atoms with Crippen molar-refractivity contribution < 1.29 is 9.59 Å². The Morgan fingerprint density at radius 1 is 1.05 bits per heavy atom. The van der Waals surface area contributed by atoms with E-state index in [1.54, 1.807) is 24.3 Å². The molecule has 0 atom stereocenters. The zero-order valence-corrected chi connectivity index (χ0v) is 14.3. The maximum atomic E-state index is 11.8. The molecule has 0 bridgehead atoms. The highest BCUT2D eigenvalue weighted by Gasteiger charge is 2.21. The average molecular weight is 321 g/mol. The molecule has 0 aliphatic rings. The topological polar surface area (TPSA) is 70.2 Å². The molecule has 0 saturated heterocycles. The fourth-order valence-electron chi connectivity index (χ4n) is 1.54. The Labute approximate surface area is 136 Å². The number of anilines is 2. The molecular weight excluding hydrogens is 298 g/mol. The van der Waals surface area contributed by atoms with Crippen LogP contribution in [0.3, 0.4) is 0 Å². The predicted molar refractivity (Wildman–Crippen MR) is 93.8 cm³/mol. The van der Waals surface area contributed by atoms with Gasteiger partial charge in [-0.25, -0.2) is 0 Å². The summed E-state index contributed by atoms with van der Waals surface area (Å²) in [6.45, 7) is 7.41. The van der Waals surface area contributed by atoms with Gasteiger partial charge in [-0.3, -0.25) is 9.59 Å². The van der Waals surface area contributed by atoms with Gasteiger partial charge in [0.25, 0.3) is 0 Å². The third-order valence-electron chi connectivity index (χ3n) is 2.81. The van der Waals surface area contributed by atoms with Crippen LogP contribution in [0.4, 0.5) is 11.4 Å². The number of hydrogen-bond acceptors (Lipinski definition) is 3. The van der Waals surface area contributed by atoms with E-state index >= 15 is 0 Å². The average Bonchev–Trinajstić information content (AvgIpc) is 2.40. The molecule has 0 radical (unpaired) electrons. The van der Waals surface area contributed by atoms with E-state index in [4.69, 9.17) is 12.2 Å². The van der Waals surface area contributed by atoms with Gasteiger partial charge in [0.15, 0.2) is 5.11 Å². The molecule has 0 aliphatic heterocycles. The highest BCUT2D eigenvalue weighted by molar-refractivity contribution is 7.80. The molecule has 3 N–H and O–H groups in total. The van der Waals surface area contributed by atoms with Gasteiger partial charge in [0.05, 0.1) is 0 Å². The monoisotopic (exact) mass is 321 g/mol. The molecule has 1 rings (SSSR count). The van der Waals surface area contributed by atoms with Crippen LogP contribution >= 0.6 is 12.2 Å². The summed E-state index contributed by atoms with van der Waals surface area (Å²) in [5, 5.41) is 8.64.